The first-order chi connectivity index (χ1) is 30.2. The van der Waals surface area contributed by atoms with Gasteiger partial charge in [0.05, 0.1) is 25.0 Å². The van der Waals surface area contributed by atoms with Crippen LogP contribution in [0.4, 0.5) is 4.79 Å². The fraction of sp³-hybridized carbons (Fsp3) is 0.522. The summed E-state index contributed by atoms with van der Waals surface area (Å²) in [6.45, 7) is 7.90. The number of morpholine rings is 1. The van der Waals surface area contributed by atoms with E-state index < -0.39 is 68.7 Å². The van der Waals surface area contributed by atoms with Gasteiger partial charge in [0.25, 0.3) is 11.8 Å². The summed E-state index contributed by atoms with van der Waals surface area (Å²) in [4.78, 5) is 70.0. The number of ether oxygens (including phenoxy) is 2. The van der Waals surface area contributed by atoms with E-state index in [4.69, 9.17) is 23.9 Å². The Balaban J connectivity index is 1.06. The molecular formula is C46H55N7O9S. The normalized spacial score (nSPS) is 26.5. The lowest BCUT2D eigenvalue weighted by Gasteiger charge is -2.32. The van der Waals surface area contributed by atoms with Gasteiger partial charge in [-0.25, -0.2) is 18.2 Å². The van der Waals surface area contributed by atoms with Crippen molar-refractivity contribution in [2.24, 2.45) is 5.92 Å². The first-order valence-electron chi connectivity index (χ1n) is 22.2. The molecule has 2 saturated heterocycles. The van der Waals surface area contributed by atoms with Crippen molar-refractivity contribution in [2.45, 2.75) is 113 Å². The van der Waals surface area contributed by atoms with Crippen molar-refractivity contribution < 1.29 is 41.5 Å². The molecule has 16 nitrogen and oxygen atoms in total. The van der Waals surface area contributed by atoms with Crippen LogP contribution in [-0.2, 0) is 34.6 Å². The molecule has 2 saturated carbocycles. The Morgan fingerprint density at radius 3 is 2.48 bits per heavy atom. The molecular weight excluding hydrogens is 827 g/mol. The van der Waals surface area contributed by atoms with E-state index in [-0.39, 0.29) is 30.7 Å². The SMILES string of the molecule is CC(C)(C)c1ccc(-c2nc(O[C@@H]3C[C@H]4C(=O)N[C@]5(C(=O)NS(=O)(=O)C6CC6)C[C@H]5/C=C\CCCCC[C@H](NC(=O)N5CCOCC5)C(=O)N4C3)c3oc4ccccc4c3n2)cc1. The lowest BCUT2D eigenvalue weighted by molar-refractivity contribution is -0.141. The van der Waals surface area contributed by atoms with Gasteiger partial charge in [-0.3, -0.25) is 19.1 Å². The van der Waals surface area contributed by atoms with E-state index in [1.807, 2.05) is 60.7 Å². The Bertz CT molecular complexity index is 2560. The van der Waals surface area contributed by atoms with Gasteiger partial charge >= 0.3 is 6.03 Å². The molecule has 5 atom stereocenters. The quantitative estimate of drug-likeness (QED) is 0.209. The highest BCUT2D eigenvalue weighted by molar-refractivity contribution is 7.91. The molecule has 2 aromatic heterocycles. The maximum Gasteiger partial charge on any atom is 0.318 e. The third kappa shape index (κ3) is 8.86. The maximum atomic E-state index is 14.9. The van der Waals surface area contributed by atoms with Gasteiger partial charge in [-0.1, -0.05) is 82.2 Å². The van der Waals surface area contributed by atoms with Crippen LogP contribution in [0.25, 0.3) is 33.5 Å². The number of carbonyl (C=O) groups excluding carboxylic acids is 4. The molecule has 9 rings (SSSR count). The van der Waals surface area contributed by atoms with Crippen molar-refractivity contribution in [3.05, 3.63) is 66.2 Å². The number of aromatic nitrogens is 2. The number of urea groups is 1. The van der Waals surface area contributed by atoms with Crippen molar-refractivity contribution in [1.29, 1.82) is 0 Å². The maximum absolute atomic E-state index is 14.9. The Morgan fingerprint density at radius 1 is 0.968 bits per heavy atom. The zero-order valence-corrected chi connectivity index (χ0v) is 36.7. The number of fused-ring (bicyclic) bond motifs is 5. The number of nitrogens with zero attached hydrogens (tertiary/aromatic N) is 4. The van der Waals surface area contributed by atoms with Crippen molar-refractivity contribution in [1.82, 2.24) is 35.1 Å². The fourth-order valence-corrected chi connectivity index (χ4v) is 10.3. The summed E-state index contributed by atoms with van der Waals surface area (Å²) in [6.07, 6.45) is 7.41. The van der Waals surface area contributed by atoms with E-state index in [0.29, 0.717) is 80.9 Å². The molecule has 3 N–H and O–H groups in total. The molecule has 4 aromatic rings. The van der Waals surface area contributed by atoms with Crippen LogP contribution in [0.5, 0.6) is 5.88 Å². The van der Waals surface area contributed by atoms with Gasteiger partial charge < -0.3 is 34.3 Å². The highest BCUT2D eigenvalue weighted by Crippen LogP contribution is 2.46. The minimum Gasteiger partial charge on any atom is -0.470 e. The van der Waals surface area contributed by atoms with Crippen LogP contribution in [0, 0.1) is 5.92 Å². The molecule has 0 unspecified atom stereocenters. The number of hydrogen-bond donors (Lipinski definition) is 3. The second-order valence-electron chi connectivity index (χ2n) is 18.6. The largest absolute Gasteiger partial charge is 0.470 e. The molecule has 2 aliphatic carbocycles. The van der Waals surface area contributed by atoms with Crippen LogP contribution >= 0.6 is 0 Å². The summed E-state index contributed by atoms with van der Waals surface area (Å²) in [5.74, 6) is -1.80. The van der Waals surface area contributed by atoms with Crippen LogP contribution in [-0.4, -0.2) is 114 Å². The monoisotopic (exact) mass is 881 g/mol. The van der Waals surface area contributed by atoms with E-state index in [1.54, 1.807) is 4.90 Å². The van der Waals surface area contributed by atoms with Crippen molar-refractivity contribution in [3.8, 4) is 17.3 Å². The van der Waals surface area contributed by atoms with Crippen LogP contribution in [0.3, 0.4) is 0 Å². The van der Waals surface area contributed by atoms with Gasteiger partial charge in [-0.05, 0) is 61.6 Å². The third-order valence-electron chi connectivity index (χ3n) is 12.9. The summed E-state index contributed by atoms with van der Waals surface area (Å²) in [6, 6.07) is 13.0. The van der Waals surface area contributed by atoms with Gasteiger partial charge in [0.2, 0.25) is 27.4 Å². The standard InChI is InChI=1S/C46H55N7O9S/c1-45(2,3)29-17-15-28(16-18-29)39-48-37-33-12-9-10-14-36(33)62-38(37)41(49-39)61-31-25-35-40(54)50-46(43(56)51-63(58,59)32-19-20-32)26-30(46)11-7-5-4-6-8-13-34(42(55)53(35)27-31)47-44(57)52-21-23-60-24-22-52/h7,9-12,14-18,30-32,34-35H,4-6,8,13,19-27H2,1-3H3,(H,47,57)(H,50,54)(H,51,56)/b11-7-/t30-,31-,34+,35+,46-/m1/s1. The number of carbonyl (C=O) groups is 4. The van der Waals surface area contributed by atoms with E-state index in [1.165, 1.54) is 4.90 Å². The van der Waals surface area contributed by atoms with Crippen molar-refractivity contribution >= 4 is 55.8 Å². The van der Waals surface area contributed by atoms with Crippen molar-refractivity contribution in [3.63, 3.8) is 0 Å². The van der Waals surface area contributed by atoms with Gasteiger partial charge in [0.15, 0.2) is 5.82 Å². The van der Waals surface area contributed by atoms with E-state index >= 15 is 0 Å². The lowest BCUT2D eigenvalue weighted by Crippen LogP contribution is -2.59. The smallest absolute Gasteiger partial charge is 0.318 e. The minimum absolute atomic E-state index is 0.00161. The first kappa shape index (κ1) is 42.7. The summed E-state index contributed by atoms with van der Waals surface area (Å²) >= 11 is 0. The number of allylic oxidation sites excluding steroid dienone is 1. The zero-order chi connectivity index (χ0) is 44.1. The molecule has 3 aliphatic heterocycles. The number of nitrogens with one attached hydrogen (secondary N) is 3. The van der Waals surface area contributed by atoms with E-state index in [9.17, 15) is 27.6 Å². The Hall–Kier alpha value is -5.55. The topological polar surface area (TPSA) is 202 Å². The number of furan rings is 1. The third-order valence-corrected chi connectivity index (χ3v) is 14.7. The van der Waals surface area contributed by atoms with Gasteiger partial charge in [0.1, 0.15) is 34.8 Å². The molecule has 5 aliphatic rings. The highest BCUT2D eigenvalue weighted by Gasteiger charge is 2.62. The van der Waals surface area contributed by atoms with Gasteiger partial charge in [-0.2, -0.15) is 4.98 Å². The molecule has 0 radical (unpaired) electrons. The number of hydrogen-bond acceptors (Lipinski definition) is 11. The molecule has 334 valence electrons. The van der Waals surface area contributed by atoms with Crippen LogP contribution in [0.15, 0.2) is 65.1 Å². The lowest BCUT2D eigenvalue weighted by atomic mass is 9.87. The molecule has 0 bridgehead atoms. The summed E-state index contributed by atoms with van der Waals surface area (Å²) in [5, 5.41) is 6.02. The predicted molar refractivity (Wildman–Crippen MR) is 234 cm³/mol. The average Bonchev–Trinajstić information content (AvgIpc) is 4.17. The molecule has 5 amide bonds. The summed E-state index contributed by atoms with van der Waals surface area (Å²) in [5.41, 5.74) is 1.74. The number of sulfonamides is 1. The molecule has 2 aromatic carbocycles. The van der Waals surface area contributed by atoms with Crippen LogP contribution in [0.1, 0.15) is 84.1 Å². The number of benzene rings is 2. The zero-order valence-electron chi connectivity index (χ0n) is 35.9. The minimum atomic E-state index is -3.92. The second kappa shape index (κ2) is 16.9. The predicted octanol–water partition coefficient (Wildman–Crippen LogP) is 5.10. The van der Waals surface area contributed by atoms with E-state index in [2.05, 4.69) is 36.1 Å². The Kier molecular flexibility index (Phi) is 11.4. The number of amides is 5. The van der Waals surface area contributed by atoms with Crippen LogP contribution in [0.2, 0.25) is 0 Å². The average molecular weight is 882 g/mol. The first-order valence-corrected chi connectivity index (χ1v) is 23.7. The van der Waals surface area contributed by atoms with E-state index in [0.717, 1.165) is 29.4 Å². The molecule has 0 spiro atoms. The fourth-order valence-electron chi connectivity index (χ4n) is 8.91. The molecule has 4 fully saturated rings. The molecule has 5 heterocycles. The molecule has 17 heteroatoms. The Morgan fingerprint density at radius 2 is 1.73 bits per heavy atom. The Labute approximate surface area is 366 Å². The second-order valence-corrected chi connectivity index (χ2v) is 20.5. The number of para-hydroxylation sites is 1. The van der Waals surface area contributed by atoms with Gasteiger partial charge in [0, 0.05) is 36.4 Å². The summed E-state index contributed by atoms with van der Waals surface area (Å²) < 4.78 is 46.7. The molecule has 63 heavy (non-hydrogen) atoms. The van der Waals surface area contributed by atoms with Crippen LogP contribution < -0.4 is 20.1 Å². The summed E-state index contributed by atoms with van der Waals surface area (Å²) in [7, 11) is -3.92. The van der Waals surface area contributed by atoms with Gasteiger partial charge in [-0.15, -0.1) is 0 Å². The highest BCUT2D eigenvalue weighted by atomic mass is 32.2. The van der Waals surface area contributed by atoms with Crippen molar-refractivity contribution in [2.75, 3.05) is 32.8 Å². The number of rotatable bonds is 7.